The monoisotopic (exact) mass is 267 g/mol. The van der Waals surface area contributed by atoms with E-state index in [0.29, 0.717) is 0 Å². The Bertz CT molecular complexity index is 326. The van der Waals surface area contributed by atoms with Crippen LogP contribution >= 0.6 is 23.5 Å². The summed E-state index contributed by atoms with van der Waals surface area (Å²) in [4.78, 5) is 1.32. The van der Waals surface area contributed by atoms with E-state index in [9.17, 15) is 0 Å². The molecule has 0 aliphatic heterocycles. The van der Waals surface area contributed by atoms with Crippen molar-refractivity contribution in [3.63, 3.8) is 0 Å². The van der Waals surface area contributed by atoms with E-state index in [1.165, 1.54) is 28.5 Å². The molecule has 94 valence electrons. The van der Waals surface area contributed by atoms with Crippen molar-refractivity contribution >= 4 is 29.2 Å². The zero-order valence-corrected chi connectivity index (χ0v) is 12.1. The SMILES string of the molecule is C=CCSc1ccccc1NCCCSCC. The summed E-state index contributed by atoms with van der Waals surface area (Å²) in [6, 6.07) is 8.49. The van der Waals surface area contributed by atoms with E-state index < -0.39 is 0 Å². The lowest BCUT2D eigenvalue weighted by molar-refractivity contribution is 0.986. The molecule has 1 aromatic carbocycles. The van der Waals surface area contributed by atoms with Crippen LogP contribution in [0.1, 0.15) is 13.3 Å². The molecule has 0 amide bonds. The van der Waals surface area contributed by atoms with Gasteiger partial charge in [-0.05, 0) is 30.1 Å². The maximum Gasteiger partial charge on any atom is 0.0478 e. The number of hydrogen-bond acceptors (Lipinski definition) is 3. The summed E-state index contributed by atoms with van der Waals surface area (Å²) < 4.78 is 0. The number of nitrogens with one attached hydrogen (secondary N) is 1. The Hall–Kier alpha value is -0.540. The van der Waals surface area contributed by atoms with Crippen molar-refractivity contribution in [2.24, 2.45) is 0 Å². The molecule has 0 bridgehead atoms. The van der Waals surface area contributed by atoms with Crippen LogP contribution < -0.4 is 5.32 Å². The molecule has 0 aromatic heterocycles. The van der Waals surface area contributed by atoms with Crippen LogP contribution in [0.15, 0.2) is 41.8 Å². The van der Waals surface area contributed by atoms with E-state index in [-0.39, 0.29) is 0 Å². The fourth-order valence-corrected chi connectivity index (χ4v) is 2.83. The highest BCUT2D eigenvalue weighted by molar-refractivity contribution is 7.99. The number of benzene rings is 1. The van der Waals surface area contributed by atoms with Crippen molar-refractivity contribution in [2.45, 2.75) is 18.2 Å². The smallest absolute Gasteiger partial charge is 0.0478 e. The predicted molar refractivity (Wildman–Crippen MR) is 83.5 cm³/mol. The van der Waals surface area contributed by atoms with Gasteiger partial charge in [-0.15, -0.1) is 18.3 Å². The van der Waals surface area contributed by atoms with Crippen molar-refractivity contribution in [1.82, 2.24) is 0 Å². The highest BCUT2D eigenvalue weighted by atomic mass is 32.2. The van der Waals surface area contributed by atoms with Gasteiger partial charge in [-0.1, -0.05) is 25.1 Å². The summed E-state index contributed by atoms with van der Waals surface area (Å²) in [5.74, 6) is 3.42. The van der Waals surface area contributed by atoms with Crippen LogP contribution in [-0.2, 0) is 0 Å². The van der Waals surface area contributed by atoms with Crippen molar-refractivity contribution in [1.29, 1.82) is 0 Å². The summed E-state index contributed by atoms with van der Waals surface area (Å²) in [6.45, 7) is 7.02. The first kappa shape index (κ1) is 14.5. The molecule has 1 N–H and O–H groups in total. The van der Waals surface area contributed by atoms with Gasteiger partial charge in [0.25, 0.3) is 0 Å². The van der Waals surface area contributed by atoms with E-state index in [2.05, 4.69) is 43.1 Å². The lowest BCUT2D eigenvalue weighted by Gasteiger charge is -2.10. The predicted octanol–water partition coefficient (Wildman–Crippen LogP) is 4.52. The molecule has 0 saturated carbocycles. The van der Waals surface area contributed by atoms with Gasteiger partial charge in [0.05, 0.1) is 0 Å². The summed E-state index contributed by atoms with van der Waals surface area (Å²) in [7, 11) is 0. The third-order valence-electron chi connectivity index (χ3n) is 2.23. The molecule has 17 heavy (non-hydrogen) atoms. The van der Waals surface area contributed by atoms with E-state index in [4.69, 9.17) is 0 Å². The van der Waals surface area contributed by atoms with Crippen molar-refractivity contribution in [3.05, 3.63) is 36.9 Å². The quantitative estimate of drug-likeness (QED) is 0.401. The lowest BCUT2D eigenvalue weighted by atomic mass is 10.3. The van der Waals surface area contributed by atoms with Gasteiger partial charge in [-0.25, -0.2) is 0 Å². The first-order chi connectivity index (χ1) is 8.38. The zero-order chi connectivity index (χ0) is 12.3. The van der Waals surface area contributed by atoms with Gasteiger partial charge in [-0.3, -0.25) is 0 Å². The first-order valence-corrected chi connectivity index (χ1v) is 8.16. The van der Waals surface area contributed by atoms with Gasteiger partial charge in [0.15, 0.2) is 0 Å². The fraction of sp³-hybridized carbons (Fsp3) is 0.429. The molecule has 0 spiro atoms. The topological polar surface area (TPSA) is 12.0 Å². The number of hydrogen-bond donors (Lipinski definition) is 1. The highest BCUT2D eigenvalue weighted by Gasteiger charge is 2.00. The molecule has 0 saturated heterocycles. The summed E-state index contributed by atoms with van der Waals surface area (Å²) in [5.41, 5.74) is 1.25. The van der Waals surface area contributed by atoms with Crippen molar-refractivity contribution in [3.8, 4) is 0 Å². The van der Waals surface area contributed by atoms with Gasteiger partial charge in [0, 0.05) is 22.9 Å². The third kappa shape index (κ3) is 6.08. The van der Waals surface area contributed by atoms with E-state index in [0.717, 1.165) is 12.3 Å². The molecular weight excluding hydrogens is 246 g/mol. The van der Waals surface area contributed by atoms with Crippen LogP contribution in [0, 0.1) is 0 Å². The summed E-state index contributed by atoms with van der Waals surface area (Å²) >= 11 is 3.83. The molecule has 0 aliphatic rings. The third-order valence-corrected chi connectivity index (χ3v) is 4.28. The molecule has 0 atom stereocenters. The van der Waals surface area contributed by atoms with Crippen LogP contribution in [0.25, 0.3) is 0 Å². The Morgan fingerprint density at radius 2 is 2.18 bits per heavy atom. The minimum Gasteiger partial charge on any atom is -0.384 e. The molecule has 0 unspecified atom stereocenters. The van der Waals surface area contributed by atoms with Crippen LogP contribution in [0.5, 0.6) is 0 Å². The van der Waals surface area contributed by atoms with Crippen LogP contribution in [0.4, 0.5) is 5.69 Å². The standard InChI is InChI=1S/C14H21NS2/c1-3-11-17-14-9-6-5-8-13(14)15-10-7-12-16-4-2/h3,5-6,8-9,15H,1,4,7,10-12H2,2H3. The van der Waals surface area contributed by atoms with Gasteiger partial charge in [0.1, 0.15) is 0 Å². The Morgan fingerprint density at radius 1 is 1.35 bits per heavy atom. The number of anilines is 1. The summed E-state index contributed by atoms with van der Waals surface area (Å²) in [6.07, 6.45) is 3.16. The minimum absolute atomic E-state index is 0.963. The van der Waals surface area contributed by atoms with E-state index >= 15 is 0 Å². The maximum atomic E-state index is 3.76. The largest absolute Gasteiger partial charge is 0.384 e. The van der Waals surface area contributed by atoms with Gasteiger partial charge in [0.2, 0.25) is 0 Å². The first-order valence-electron chi connectivity index (χ1n) is 6.02. The Kier molecular flexibility index (Phi) is 8.10. The van der Waals surface area contributed by atoms with Gasteiger partial charge < -0.3 is 5.32 Å². The summed E-state index contributed by atoms with van der Waals surface area (Å²) in [5, 5.41) is 3.51. The Morgan fingerprint density at radius 3 is 2.94 bits per heavy atom. The Balaban J connectivity index is 2.37. The van der Waals surface area contributed by atoms with Crippen molar-refractivity contribution < 1.29 is 0 Å². The van der Waals surface area contributed by atoms with Gasteiger partial charge >= 0.3 is 0 Å². The second-order valence-corrected chi connectivity index (χ2v) is 6.03. The van der Waals surface area contributed by atoms with E-state index in [1.54, 1.807) is 0 Å². The van der Waals surface area contributed by atoms with Crippen molar-refractivity contribution in [2.75, 3.05) is 29.1 Å². The lowest BCUT2D eigenvalue weighted by Crippen LogP contribution is -2.03. The minimum atomic E-state index is 0.963. The average Bonchev–Trinajstić information content (AvgIpc) is 2.37. The number of para-hydroxylation sites is 1. The molecule has 1 aromatic rings. The molecule has 0 aliphatic carbocycles. The van der Waals surface area contributed by atoms with Crippen LogP contribution in [0.2, 0.25) is 0 Å². The molecule has 1 nitrogen and oxygen atoms in total. The van der Waals surface area contributed by atoms with E-state index in [1.807, 2.05) is 29.6 Å². The molecule has 3 heteroatoms. The average molecular weight is 267 g/mol. The number of thioether (sulfide) groups is 2. The molecule has 0 fully saturated rings. The Labute approximate surface area is 113 Å². The highest BCUT2D eigenvalue weighted by Crippen LogP contribution is 2.26. The fourth-order valence-electron chi connectivity index (χ4n) is 1.43. The second-order valence-electron chi connectivity index (χ2n) is 3.57. The van der Waals surface area contributed by atoms with Crippen LogP contribution in [-0.4, -0.2) is 23.8 Å². The van der Waals surface area contributed by atoms with Crippen LogP contribution in [0.3, 0.4) is 0 Å². The number of rotatable bonds is 9. The molecular formula is C14H21NS2. The second kappa shape index (κ2) is 9.49. The molecule has 1 rings (SSSR count). The molecule has 0 radical (unpaired) electrons. The maximum absolute atomic E-state index is 3.76. The van der Waals surface area contributed by atoms with Gasteiger partial charge in [-0.2, -0.15) is 11.8 Å². The zero-order valence-electron chi connectivity index (χ0n) is 10.4. The molecule has 0 heterocycles. The normalized spacial score (nSPS) is 10.2.